The van der Waals surface area contributed by atoms with Crippen molar-refractivity contribution in [3.63, 3.8) is 0 Å². The maximum atomic E-state index is 5.64. The Morgan fingerprint density at radius 2 is 2.13 bits per heavy atom. The number of aromatic nitrogens is 1. The Labute approximate surface area is 91.1 Å². The zero-order valence-electron chi connectivity index (χ0n) is 9.46. The molecule has 0 aromatic carbocycles. The second-order valence-electron chi connectivity index (χ2n) is 4.46. The highest BCUT2D eigenvalue weighted by Crippen LogP contribution is 2.37. The van der Waals surface area contributed by atoms with Crippen molar-refractivity contribution in [3.05, 3.63) is 29.1 Å². The minimum Gasteiger partial charge on any atom is -0.271 e. The first kappa shape index (κ1) is 10.6. The Morgan fingerprint density at radius 1 is 1.40 bits per heavy atom. The van der Waals surface area contributed by atoms with Crippen LogP contribution < -0.4 is 11.3 Å². The average Bonchev–Trinajstić information content (AvgIpc) is 2.12. The molecule has 1 atom stereocenters. The Kier molecular flexibility index (Phi) is 3.03. The quantitative estimate of drug-likeness (QED) is 0.586. The molecule has 1 aliphatic carbocycles. The zero-order chi connectivity index (χ0) is 10.8. The summed E-state index contributed by atoms with van der Waals surface area (Å²) in [7, 11) is 0. The third kappa shape index (κ3) is 2.03. The molecule has 2 rings (SSSR count). The van der Waals surface area contributed by atoms with Crippen molar-refractivity contribution >= 4 is 0 Å². The molecule has 1 heterocycles. The van der Waals surface area contributed by atoms with Crippen molar-refractivity contribution in [1.82, 2.24) is 10.4 Å². The molecule has 0 bridgehead atoms. The molecule has 0 saturated heterocycles. The lowest BCUT2D eigenvalue weighted by molar-refractivity contribution is 0.231. The van der Waals surface area contributed by atoms with Crippen LogP contribution in [0.25, 0.3) is 0 Å². The number of hydrazine groups is 1. The van der Waals surface area contributed by atoms with E-state index in [0.717, 1.165) is 11.4 Å². The fourth-order valence-electron chi connectivity index (χ4n) is 2.28. The van der Waals surface area contributed by atoms with Gasteiger partial charge in [-0.2, -0.15) is 0 Å². The molecule has 15 heavy (non-hydrogen) atoms. The van der Waals surface area contributed by atoms with E-state index in [0.29, 0.717) is 5.92 Å². The summed E-state index contributed by atoms with van der Waals surface area (Å²) < 4.78 is 0. The molecule has 3 heteroatoms. The summed E-state index contributed by atoms with van der Waals surface area (Å²) in [6.45, 7) is 4.08. The summed E-state index contributed by atoms with van der Waals surface area (Å²) in [5.74, 6) is 6.34. The summed E-state index contributed by atoms with van der Waals surface area (Å²) in [5, 5.41) is 0. The van der Waals surface area contributed by atoms with Gasteiger partial charge in [-0.1, -0.05) is 12.5 Å². The second kappa shape index (κ2) is 4.29. The standard InChI is InChI=1S/C12H19N3/c1-8-6-7-11(9(2)14-8)12(15-13)10-4-3-5-10/h6-7,10,12,15H,3-5,13H2,1-2H3. The van der Waals surface area contributed by atoms with Gasteiger partial charge in [0.15, 0.2) is 0 Å². The molecule has 3 nitrogen and oxygen atoms in total. The number of nitrogens with zero attached hydrogens (tertiary/aromatic N) is 1. The lowest BCUT2D eigenvalue weighted by Gasteiger charge is -2.34. The van der Waals surface area contributed by atoms with Crippen molar-refractivity contribution < 1.29 is 0 Å². The Morgan fingerprint density at radius 3 is 2.60 bits per heavy atom. The van der Waals surface area contributed by atoms with Gasteiger partial charge in [0, 0.05) is 11.4 Å². The van der Waals surface area contributed by atoms with Crippen molar-refractivity contribution in [2.45, 2.75) is 39.2 Å². The van der Waals surface area contributed by atoms with E-state index in [1.165, 1.54) is 24.8 Å². The Hall–Kier alpha value is -0.930. The number of hydrogen-bond acceptors (Lipinski definition) is 3. The van der Waals surface area contributed by atoms with Crippen LogP contribution >= 0.6 is 0 Å². The fourth-order valence-corrected chi connectivity index (χ4v) is 2.28. The van der Waals surface area contributed by atoms with Crippen LogP contribution in [0.2, 0.25) is 0 Å². The van der Waals surface area contributed by atoms with E-state index >= 15 is 0 Å². The van der Waals surface area contributed by atoms with Crippen LogP contribution in [0.15, 0.2) is 12.1 Å². The molecule has 1 saturated carbocycles. The second-order valence-corrected chi connectivity index (χ2v) is 4.46. The fraction of sp³-hybridized carbons (Fsp3) is 0.583. The zero-order valence-corrected chi connectivity index (χ0v) is 9.46. The van der Waals surface area contributed by atoms with Crippen LogP contribution in [0, 0.1) is 19.8 Å². The largest absolute Gasteiger partial charge is 0.271 e. The molecule has 1 aliphatic rings. The first-order valence-electron chi connectivity index (χ1n) is 5.62. The van der Waals surface area contributed by atoms with Crippen LogP contribution in [0.4, 0.5) is 0 Å². The first-order valence-corrected chi connectivity index (χ1v) is 5.62. The number of aryl methyl sites for hydroxylation is 2. The van der Waals surface area contributed by atoms with Gasteiger partial charge in [-0.3, -0.25) is 16.3 Å². The van der Waals surface area contributed by atoms with Gasteiger partial charge in [0.05, 0.1) is 6.04 Å². The topological polar surface area (TPSA) is 50.9 Å². The molecular formula is C12H19N3. The molecule has 3 N–H and O–H groups in total. The molecule has 1 aromatic rings. The SMILES string of the molecule is Cc1ccc(C(NN)C2CCC2)c(C)n1. The first-order chi connectivity index (χ1) is 7.22. The van der Waals surface area contributed by atoms with E-state index in [-0.39, 0.29) is 6.04 Å². The van der Waals surface area contributed by atoms with Crippen LogP contribution in [0.1, 0.15) is 42.3 Å². The number of nitrogens with one attached hydrogen (secondary N) is 1. The van der Waals surface area contributed by atoms with Crippen LogP contribution in [-0.2, 0) is 0 Å². The Bertz CT molecular complexity index is 345. The molecule has 1 unspecified atom stereocenters. The number of nitrogens with two attached hydrogens (primary N) is 1. The predicted octanol–water partition coefficient (Wildman–Crippen LogP) is 2.00. The lowest BCUT2D eigenvalue weighted by Crippen LogP contribution is -2.37. The van der Waals surface area contributed by atoms with E-state index in [9.17, 15) is 0 Å². The summed E-state index contributed by atoms with van der Waals surface area (Å²) >= 11 is 0. The molecule has 0 aliphatic heterocycles. The third-order valence-corrected chi connectivity index (χ3v) is 3.40. The third-order valence-electron chi connectivity index (χ3n) is 3.40. The van der Waals surface area contributed by atoms with E-state index in [2.05, 4.69) is 29.5 Å². The van der Waals surface area contributed by atoms with Gasteiger partial charge >= 0.3 is 0 Å². The van der Waals surface area contributed by atoms with Crippen LogP contribution in [0.5, 0.6) is 0 Å². The van der Waals surface area contributed by atoms with Crippen LogP contribution in [-0.4, -0.2) is 4.98 Å². The highest BCUT2D eigenvalue weighted by atomic mass is 15.2. The number of hydrogen-bond donors (Lipinski definition) is 2. The van der Waals surface area contributed by atoms with Crippen molar-refractivity contribution in [2.24, 2.45) is 11.8 Å². The number of rotatable bonds is 3. The van der Waals surface area contributed by atoms with Gasteiger partial charge < -0.3 is 0 Å². The summed E-state index contributed by atoms with van der Waals surface area (Å²) in [5.41, 5.74) is 6.37. The molecule has 0 radical (unpaired) electrons. The van der Waals surface area contributed by atoms with Crippen molar-refractivity contribution in [3.8, 4) is 0 Å². The normalized spacial score (nSPS) is 18.6. The molecule has 1 aromatic heterocycles. The molecule has 1 fully saturated rings. The highest BCUT2D eigenvalue weighted by Gasteiger charge is 2.28. The van der Waals surface area contributed by atoms with Gasteiger partial charge in [0.25, 0.3) is 0 Å². The smallest absolute Gasteiger partial charge is 0.0506 e. The predicted molar refractivity (Wildman–Crippen MR) is 61.1 cm³/mol. The number of pyridine rings is 1. The lowest BCUT2D eigenvalue weighted by atomic mass is 9.77. The molecule has 0 amide bonds. The minimum atomic E-state index is 0.284. The summed E-state index contributed by atoms with van der Waals surface area (Å²) in [4.78, 5) is 4.49. The van der Waals surface area contributed by atoms with Crippen molar-refractivity contribution in [1.29, 1.82) is 0 Å². The van der Waals surface area contributed by atoms with E-state index in [1.54, 1.807) is 0 Å². The van der Waals surface area contributed by atoms with Gasteiger partial charge in [0.1, 0.15) is 0 Å². The van der Waals surface area contributed by atoms with E-state index in [1.807, 2.05) is 6.92 Å². The van der Waals surface area contributed by atoms with Crippen LogP contribution in [0.3, 0.4) is 0 Å². The maximum absolute atomic E-state index is 5.64. The average molecular weight is 205 g/mol. The monoisotopic (exact) mass is 205 g/mol. The Balaban J connectivity index is 2.25. The van der Waals surface area contributed by atoms with E-state index < -0.39 is 0 Å². The summed E-state index contributed by atoms with van der Waals surface area (Å²) in [6, 6.07) is 4.50. The molecule has 82 valence electrons. The van der Waals surface area contributed by atoms with Gasteiger partial charge in [-0.25, -0.2) is 0 Å². The summed E-state index contributed by atoms with van der Waals surface area (Å²) in [6.07, 6.45) is 3.89. The highest BCUT2D eigenvalue weighted by molar-refractivity contribution is 5.26. The van der Waals surface area contributed by atoms with Gasteiger partial charge in [0.2, 0.25) is 0 Å². The van der Waals surface area contributed by atoms with Crippen molar-refractivity contribution in [2.75, 3.05) is 0 Å². The molecular weight excluding hydrogens is 186 g/mol. The molecule has 0 spiro atoms. The maximum Gasteiger partial charge on any atom is 0.0506 e. The minimum absolute atomic E-state index is 0.284. The van der Waals surface area contributed by atoms with Gasteiger partial charge in [-0.15, -0.1) is 0 Å². The van der Waals surface area contributed by atoms with E-state index in [4.69, 9.17) is 5.84 Å². The van der Waals surface area contributed by atoms with Gasteiger partial charge in [-0.05, 0) is 44.2 Å².